The number of amides is 1. The minimum Gasteiger partial charge on any atom is -0.451 e. The predicted octanol–water partition coefficient (Wildman–Crippen LogP) is 3.59. The van der Waals surface area contributed by atoms with E-state index in [0.29, 0.717) is 6.08 Å². The summed E-state index contributed by atoms with van der Waals surface area (Å²) in [6, 6.07) is 16.1. The first-order valence-electron chi connectivity index (χ1n) is 9.23. The number of ether oxygens (including phenoxy) is 1. The number of nitrogens with two attached hydrogens (primary N) is 1. The van der Waals surface area contributed by atoms with E-state index in [1.54, 1.807) is 0 Å². The van der Waals surface area contributed by atoms with Crippen LogP contribution in [0.15, 0.2) is 83.8 Å². The zero-order valence-electron chi connectivity index (χ0n) is 15.7. The molecule has 2 aromatic carbocycles. The molecule has 0 aliphatic carbocycles. The molecule has 8 heteroatoms. The number of thioether (sulfide) groups is 1. The van der Waals surface area contributed by atoms with Crippen LogP contribution in [-0.4, -0.2) is 34.2 Å². The molecule has 1 saturated heterocycles. The lowest BCUT2D eigenvalue weighted by Crippen LogP contribution is -2.72. The fourth-order valence-corrected chi connectivity index (χ4v) is 4.70. The maximum atomic E-state index is 13.2. The van der Waals surface area contributed by atoms with Gasteiger partial charge < -0.3 is 15.4 Å². The van der Waals surface area contributed by atoms with Gasteiger partial charge in [-0.25, -0.2) is 4.79 Å². The van der Waals surface area contributed by atoms with E-state index in [9.17, 15) is 18.4 Å². The van der Waals surface area contributed by atoms with E-state index in [2.05, 4.69) is 0 Å². The van der Waals surface area contributed by atoms with Crippen molar-refractivity contribution in [2.45, 2.75) is 23.6 Å². The van der Waals surface area contributed by atoms with Gasteiger partial charge in [-0.15, -0.1) is 11.8 Å². The zero-order valence-corrected chi connectivity index (χ0v) is 16.5. The monoisotopic (exact) mass is 428 g/mol. The van der Waals surface area contributed by atoms with Gasteiger partial charge in [-0.05, 0) is 22.1 Å². The SMILES string of the molecule is NC1C(=O)N2C(C(=O)OC(c3ccccc3)c3ccccc3)C(C=C(F)F)=CS[C@H]12. The molecule has 0 radical (unpaired) electrons. The second-order valence-corrected chi connectivity index (χ2v) is 7.88. The van der Waals surface area contributed by atoms with Gasteiger partial charge in [0.05, 0.1) is 0 Å². The molecule has 30 heavy (non-hydrogen) atoms. The number of nitrogens with zero attached hydrogens (tertiary/aromatic N) is 1. The van der Waals surface area contributed by atoms with Crippen LogP contribution >= 0.6 is 11.8 Å². The van der Waals surface area contributed by atoms with Crippen LogP contribution in [0.1, 0.15) is 17.2 Å². The Kier molecular flexibility index (Phi) is 5.69. The highest BCUT2D eigenvalue weighted by Gasteiger charge is 2.54. The number of hydrogen-bond donors (Lipinski definition) is 1. The van der Waals surface area contributed by atoms with E-state index in [1.807, 2.05) is 60.7 Å². The summed E-state index contributed by atoms with van der Waals surface area (Å²) in [6.07, 6.45) is -2.12. The minimum absolute atomic E-state index is 0.00127. The number of benzene rings is 2. The van der Waals surface area contributed by atoms with Gasteiger partial charge in [0, 0.05) is 6.08 Å². The maximum absolute atomic E-state index is 13.2. The van der Waals surface area contributed by atoms with Crippen LogP contribution in [0.25, 0.3) is 0 Å². The summed E-state index contributed by atoms with van der Waals surface area (Å²) in [5.74, 6) is -1.26. The van der Waals surface area contributed by atoms with Crippen molar-refractivity contribution in [3.05, 3.63) is 94.9 Å². The number of β-lactam (4-membered cyclic amide) rings is 1. The summed E-state index contributed by atoms with van der Waals surface area (Å²) in [7, 11) is 0. The van der Waals surface area contributed by atoms with Crippen molar-refractivity contribution in [2.75, 3.05) is 0 Å². The molecule has 5 nitrogen and oxygen atoms in total. The Morgan fingerprint density at radius 1 is 1.07 bits per heavy atom. The van der Waals surface area contributed by atoms with Gasteiger partial charge in [0.1, 0.15) is 11.4 Å². The van der Waals surface area contributed by atoms with Crippen LogP contribution < -0.4 is 5.73 Å². The molecular weight excluding hydrogens is 410 g/mol. The van der Waals surface area contributed by atoms with Crippen molar-refractivity contribution in [1.29, 1.82) is 0 Å². The van der Waals surface area contributed by atoms with E-state index in [4.69, 9.17) is 10.5 Å². The average Bonchev–Trinajstić information content (AvgIpc) is 2.77. The second kappa shape index (κ2) is 8.41. The first-order chi connectivity index (χ1) is 14.5. The lowest BCUT2D eigenvalue weighted by Gasteiger charge is -2.50. The van der Waals surface area contributed by atoms with Crippen LogP contribution in [0.4, 0.5) is 8.78 Å². The molecule has 1 fully saturated rings. The number of carbonyl (C=O) groups is 2. The van der Waals surface area contributed by atoms with Crippen LogP contribution in [0.3, 0.4) is 0 Å². The van der Waals surface area contributed by atoms with Crippen molar-refractivity contribution < 1.29 is 23.1 Å². The van der Waals surface area contributed by atoms with E-state index < -0.39 is 41.5 Å². The Morgan fingerprint density at radius 2 is 1.63 bits per heavy atom. The summed E-state index contributed by atoms with van der Waals surface area (Å²) >= 11 is 1.14. The van der Waals surface area contributed by atoms with Crippen LogP contribution in [0.2, 0.25) is 0 Å². The fourth-order valence-electron chi connectivity index (χ4n) is 3.56. The summed E-state index contributed by atoms with van der Waals surface area (Å²) < 4.78 is 31.8. The topological polar surface area (TPSA) is 72.6 Å². The molecule has 2 aliphatic rings. The zero-order chi connectivity index (χ0) is 21.3. The molecule has 0 aromatic heterocycles. The number of carbonyl (C=O) groups excluding carboxylic acids is 2. The largest absolute Gasteiger partial charge is 0.451 e. The Morgan fingerprint density at radius 3 is 2.17 bits per heavy atom. The van der Waals surface area contributed by atoms with Gasteiger partial charge in [0.15, 0.2) is 12.1 Å². The summed E-state index contributed by atoms with van der Waals surface area (Å²) in [4.78, 5) is 26.7. The standard InChI is InChI=1S/C22H18F2N2O3S/c23-16(24)11-15-12-30-21-17(25)20(27)26(21)18(15)22(28)29-19(13-7-3-1-4-8-13)14-9-5-2-6-10-14/h1-12,17-19,21H,25H2/t17?,18?,21-/m1/s1. The highest BCUT2D eigenvalue weighted by atomic mass is 32.2. The van der Waals surface area contributed by atoms with Gasteiger partial charge in [-0.3, -0.25) is 4.79 Å². The van der Waals surface area contributed by atoms with Crippen LogP contribution in [0.5, 0.6) is 0 Å². The average molecular weight is 428 g/mol. The fraction of sp³-hybridized carbons (Fsp3) is 0.182. The molecule has 154 valence electrons. The molecule has 2 aliphatic heterocycles. The molecule has 0 bridgehead atoms. The van der Waals surface area contributed by atoms with E-state index in [0.717, 1.165) is 22.9 Å². The smallest absolute Gasteiger partial charge is 0.334 e. The number of esters is 1. The Bertz CT molecular complexity index is 970. The first-order valence-corrected chi connectivity index (χ1v) is 10.2. The Labute approximate surface area is 176 Å². The number of rotatable bonds is 5. The van der Waals surface area contributed by atoms with Crippen molar-refractivity contribution in [3.63, 3.8) is 0 Å². The van der Waals surface area contributed by atoms with Crippen molar-refractivity contribution in [1.82, 2.24) is 4.90 Å². The highest BCUT2D eigenvalue weighted by Crippen LogP contribution is 2.41. The number of fused-ring (bicyclic) bond motifs is 1. The van der Waals surface area contributed by atoms with Crippen molar-refractivity contribution in [3.8, 4) is 0 Å². The summed E-state index contributed by atoms with van der Waals surface area (Å²) in [5, 5.41) is 0.959. The Balaban J connectivity index is 1.68. The summed E-state index contributed by atoms with van der Waals surface area (Å²) in [6.45, 7) is 0. The molecule has 2 N–H and O–H groups in total. The van der Waals surface area contributed by atoms with Gasteiger partial charge in [-0.1, -0.05) is 60.7 Å². The third-order valence-electron chi connectivity index (χ3n) is 5.00. The second-order valence-electron chi connectivity index (χ2n) is 6.89. The molecule has 1 amide bonds. The van der Waals surface area contributed by atoms with Gasteiger partial charge in [0.25, 0.3) is 6.08 Å². The number of hydrogen-bond acceptors (Lipinski definition) is 5. The normalized spacial score (nSPS) is 22.7. The molecule has 4 rings (SSSR count). The molecule has 2 heterocycles. The summed E-state index contributed by atoms with van der Waals surface area (Å²) in [5.41, 5.74) is 7.26. The van der Waals surface area contributed by atoms with Crippen molar-refractivity contribution >= 4 is 23.6 Å². The quantitative estimate of drug-likeness (QED) is 0.582. The minimum atomic E-state index is -1.96. The lowest BCUT2D eigenvalue weighted by atomic mass is 9.97. The molecule has 0 spiro atoms. The third-order valence-corrected chi connectivity index (χ3v) is 6.20. The molecule has 0 saturated carbocycles. The van der Waals surface area contributed by atoms with E-state index in [-0.39, 0.29) is 5.57 Å². The van der Waals surface area contributed by atoms with Crippen LogP contribution in [0, 0.1) is 0 Å². The predicted molar refractivity (Wildman–Crippen MR) is 109 cm³/mol. The van der Waals surface area contributed by atoms with Crippen LogP contribution in [-0.2, 0) is 14.3 Å². The van der Waals surface area contributed by atoms with E-state index in [1.165, 1.54) is 10.3 Å². The molecule has 2 aromatic rings. The molecule has 2 unspecified atom stereocenters. The lowest BCUT2D eigenvalue weighted by molar-refractivity contribution is -0.163. The molecular formula is C22H18F2N2O3S. The van der Waals surface area contributed by atoms with E-state index >= 15 is 0 Å². The van der Waals surface area contributed by atoms with Gasteiger partial charge in [0.2, 0.25) is 5.91 Å². The van der Waals surface area contributed by atoms with Crippen molar-refractivity contribution in [2.24, 2.45) is 5.73 Å². The number of halogens is 2. The van der Waals surface area contributed by atoms with Gasteiger partial charge >= 0.3 is 5.97 Å². The van der Waals surface area contributed by atoms with Gasteiger partial charge in [-0.2, -0.15) is 8.78 Å². The molecule has 3 atom stereocenters. The Hall–Kier alpha value is -2.97. The first kappa shape index (κ1) is 20.3. The third kappa shape index (κ3) is 3.76. The highest BCUT2D eigenvalue weighted by molar-refractivity contribution is 8.03. The maximum Gasteiger partial charge on any atom is 0.334 e.